The van der Waals surface area contributed by atoms with Crippen LogP contribution in [0.4, 0.5) is 5.69 Å². The number of benzene rings is 1. The first-order chi connectivity index (χ1) is 13.5. The molecule has 0 saturated heterocycles. The van der Waals surface area contributed by atoms with Gasteiger partial charge in [0, 0.05) is 25.0 Å². The minimum Gasteiger partial charge on any atom is -0.494 e. The molecule has 0 aliphatic carbocycles. The Morgan fingerprint density at radius 3 is 2.82 bits per heavy atom. The van der Waals surface area contributed by atoms with Gasteiger partial charge in [-0.1, -0.05) is 0 Å². The van der Waals surface area contributed by atoms with Crippen molar-refractivity contribution in [3.8, 4) is 11.5 Å². The van der Waals surface area contributed by atoms with Crippen molar-refractivity contribution in [1.29, 1.82) is 0 Å². The minimum absolute atomic E-state index is 0.150. The van der Waals surface area contributed by atoms with Crippen molar-refractivity contribution < 1.29 is 14.3 Å². The summed E-state index contributed by atoms with van der Waals surface area (Å²) in [6.07, 6.45) is 3.04. The maximum atomic E-state index is 12.6. The Balaban J connectivity index is 1.79. The Hall–Kier alpha value is -3.39. The molecule has 1 amide bonds. The zero-order valence-electron chi connectivity index (χ0n) is 16.0. The maximum Gasteiger partial charge on any atom is 0.272 e. The highest BCUT2D eigenvalue weighted by molar-refractivity contribution is 6.05. The molecule has 2 aromatic heterocycles. The Labute approximate surface area is 162 Å². The number of fused-ring (bicyclic) bond motifs is 1. The smallest absolute Gasteiger partial charge is 0.272 e. The summed E-state index contributed by atoms with van der Waals surface area (Å²) in [6.45, 7) is 1.32. The molecule has 28 heavy (non-hydrogen) atoms. The zero-order chi connectivity index (χ0) is 20.1. The van der Waals surface area contributed by atoms with Crippen LogP contribution in [0.15, 0.2) is 47.5 Å². The SMILES string of the molecule is COc1cc(OCCN(C)C)ccc1NC(=O)c1cc2ccncc2c(=O)[nH]1. The summed E-state index contributed by atoms with van der Waals surface area (Å²) in [5.41, 5.74) is 0.257. The number of rotatable bonds is 7. The van der Waals surface area contributed by atoms with Crippen LogP contribution in [0.5, 0.6) is 11.5 Å². The van der Waals surface area contributed by atoms with E-state index in [4.69, 9.17) is 9.47 Å². The molecule has 2 N–H and O–H groups in total. The highest BCUT2D eigenvalue weighted by atomic mass is 16.5. The van der Waals surface area contributed by atoms with Crippen LogP contribution in [0.1, 0.15) is 10.5 Å². The number of aromatic amines is 1. The lowest BCUT2D eigenvalue weighted by molar-refractivity contribution is 0.102. The summed E-state index contributed by atoms with van der Waals surface area (Å²) in [4.78, 5) is 33.3. The van der Waals surface area contributed by atoms with E-state index in [2.05, 4.69) is 15.3 Å². The zero-order valence-corrected chi connectivity index (χ0v) is 16.0. The molecule has 2 heterocycles. The summed E-state index contributed by atoms with van der Waals surface area (Å²) in [5, 5.41) is 3.82. The van der Waals surface area contributed by atoms with E-state index in [1.807, 2.05) is 19.0 Å². The second-order valence-electron chi connectivity index (χ2n) is 6.44. The number of hydrogen-bond acceptors (Lipinski definition) is 6. The topological polar surface area (TPSA) is 96.6 Å². The third kappa shape index (κ3) is 4.47. The van der Waals surface area contributed by atoms with Gasteiger partial charge < -0.3 is 24.7 Å². The largest absolute Gasteiger partial charge is 0.494 e. The van der Waals surface area contributed by atoms with Crippen LogP contribution in [0.25, 0.3) is 10.8 Å². The summed E-state index contributed by atoms with van der Waals surface area (Å²) >= 11 is 0. The minimum atomic E-state index is -0.449. The molecule has 0 aliphatic heterocycles. The van der Waals surface area contributed by atoms with Gasteiger partial charge >= 0.3 is 0 Å². The lowest BCUT2D eigenvalue weighted by atomic mass is 10.2. The Bertz CT molecular complexity index is 1050. The van der Waals surface area contributed by atoms with Crippen LogP contribution < -0.4 is 20.3 Å². The molecule has 0 bridgehead atoms. The molecule has 0 spiro atoms. The molecule has 0 radical (unpaired) electrons. The number of amides is 1. The molecule has 0 fully saturated rings. The monoisotopic (exact) mass is 382 g/mol. The molecular weight excluding hydrogens is 360 g/mol. The van der Waals surface area contributed by atoms with Crippen molar-refractivity contribution in [3.05, 3.63) is 58.8 Å². The Kier molecular flexibility index (Phi) is 5.90. The number of methoxy groups -OCH3 is 1. The first kappa shape index (κ1) is 19.4. The van der Waals surface area contributed by atoms with Crippen LogP contribution in [0.2, 0.25) is 0 Å². The van der Waals surface area contributed by atoms with E-state index in [-0.39, 0.29) is 11.3 Å². The number of likely N-dealkylation sites (N-methyl/N-ethyl adjacent to an activating group) is 1. The summed E-state index contributed by atoms with van der Waals surface area (Å²) in [7, 11) is 5.45. The standard InChI is InChI=1S/C20H22N4O4/c1-24(2)8-9-28-14-4-5-16(18(11-14)27-3)22-20(26)17-10-13-6-7-21-12-15(13)19(25)23-17/h4-7,10-12H,8-9H2,1-3H3,(H,22,26)(H,23,25). The second kappa shape index (κ2) is 8.53. The molecule has 0 saturated carbocycles. The first-order valence-corrected chi connectivity index (χ1v) is 8.72. The molecule has 0 unspecified atom stereocenters. The molecule has 3 aromatic rings. The van der Waals surface area contributed by atoms with Gasteiger partial charge in [0.1, 0.15) is 23.8 Å². The molecule has 8 heteroatoms. The third-order valence-corrected chi connectivity index (χ3v) is 4.12. The van der Waals surface area contributed by atoms with Crippen molar-refractivity contribution in [2.45, 2.75) is 0 Å². The number of nitrogens with zero attached hydrogens (tertiary/aromatic N) is 2. The highest BCUT2D eigenvalue weighted by Gasteiger charge is 2.13. The van der Waals surface area contributed by atoms with Crippen molar-refractivity contribution in [3.63, 3.8) is 0 Å². The average Bonchev–Trinajstić information content (AvgIpc) is 2.68. The third-order valence-electron chi connectivity index (χ3n) is 4.12. The fourth-order valence-corrected chi connectivity index (χ4v) is 2.62. The fraction of sp³-hybridized carbons (Fsp3) is 0.250. The van der Waals surface area contributed by atoms with Crippen LogP contribution in [0.3, 0.4) is 0 Å². The van der Waals surface area contributed by atoms with Gasteiger partial charge in [0.15, 0.2) is 0 Å². The normalized spacial score (nSPS) is 10.9. The molecule has 0 atom stereocenters. The number of nitrogens with one attached hydrogen (secondary N) is 2. The lowest BCUT2D eigenvalue weighted by Crippen LogP contribution is -2.20. The second-order valence-corrected chi connectivity index (χ2v) is 6.44. The van der Waals surface area contributed by atoms with Crippen LogP contribution in [-0.4, -0.2) is 55.1 Å². The molecule has 0 aliphatic rings. The Morgan fingerprint density at radius 1 is 1.25 bits per heavy atom. The van der Waals surface area contributed by atoms with Gasteiger partial charge in [-0.15, -0.1) is 0 Å². The van der Waals surface area contributed by atoms with Crippen molar-refractivity contribution >= 4 is 22.4 Å². The molecule has 146 valence electrons. The van der Waals surface area contributed by atoms with Crippen molar-refractivity contribution in [2.75, 3.05) is 39.7 Å². The number of hydrogen-bond donors (Lipinski definition) is 2. The number of carbonyl (C=O) groups excluding carboxylic acids is 1. The van der Waals surface area contributed by atoms with E-state index in [0.717, 1.165) is 6.54 Å². The number of ether oxygens (including phenoxy) is 2. The van der Waals surface area contributed by atoms with Gasteiger partial charge in [0.2, 0.25) is 0 Å². The van der Waals surface area contributed by atoms with Crippen LogP contribution >= 0.6 is 0 Å². The van der Waals surface area contributed by atoms with Gasteiger partial charge in [-0.3, -0.25) is 14.6 Å². The quantitative estimate of drug-likeness (QED) is 0.650. The van der Waals surface area contributed by atoms with Crippen LogP contribution in [-0.2, 0) is 0 Å². The average molecular weight is 382 g/mol. The van der Waals surface area contributed by atoms with Crippen molar-refractivity contribution in [1.82, 2.24) is 14.9 Å². The van der Waals surface area contributed by atoms with Gasteiger partial charge in [0.25, 0.3) is 11.5 Å². The summed E-state index contributed by atoms with van der Waals surface area (Å²) in [6, 6.07) is 8.45. The number of pyridine rings is 2. The van der Waals surface area contributed by atoms with Gasteiger partial charge in [-0.25, -0.2) is 0 Å². The van der Waals surface area contributed by atoms with Crippen molar-refractivity contribution in [2.24, 2.45) is 0 Å². The lowest BCUT2D eigenvalue weighted by Gasteiger charge is -2.14. The maximum absolute atomic E-state index is 12.6. The predicted molar refractivity (Wildman–Crippen MR) is 107 cm³/mol. The van der Waals surface area contributed by atoms with Gasteiger partial charge in [0.05, 0.1) is 18.2 Å². The molecular formula is C20H22N4O4. The van der Waals surface area contributed by atoms with E-state index in [1.54, 1.807) is 36.5 Å². The number of carbonyl (C=O) groups is 1. The van der Waals surface area contributed by atoms with E-state index >= 15 is 0 Å². The predicted octanol–water partition coefficient (Wildman–Crippen LogP) is 2.12. The highest BCUT2D eigenvalue weighted by Crippen LogP contribution is 2.29. The molecule has 3 rings (SSSR count). The number of aromatic nitrogens is 2. The number of H-pyrrole nitrogens is 1. The summed E-state index contributed by atoms with van der Waals surface area (Å²) < 4.78 is 11.0. The fourth-order valence-electron chi connectivity index (χ4n) is 2.62. The molecule has 1 aromatic carbocycles. The van der Waals surface area contributed by atoms with E-state index in [1.165, 1.54) is 13.3 Å². The van der Waals surface area contributed by atoms with E-state index < -0.39 is 5.91 Å². The van der Waals surface area contributed by atoms with E-state index in [9.17, 15) is 9.59 Å². The Morgan fingerprint density at radius 2 is 2.07 bits per heavy atom. The molecule has 8 nitrogen and oxygen atoms in total. The van der Waals surface area contributed by atoms with Crippen LogP contribution in [0, 0.1) is 0 Å². The number of anilines is 1. The summed E-state index contributed by atoms with van der Waals surface area (Å²) in [5.74, 6) is 0.654. The van der Waals surface area contributed by atoms with E-state index in [0.29, 0.717) is 34.6 Å². The van der Waals surface area contributed by atoms with Gasteiger partial charge in [-0.05, 0) is 43.7 Å². The first-order valence-electron chi connectivity index (χ1n) is 8.72. The van der Waals surface area contributed by atoms with Gasteiger partial charge in [-0.2, -0.15) is 0 Å².